The van der Waals surface area contributed by atoms with Gasteiger partial charge < -0.3 is 15.4 Å². The molecule has 0 spiro atoms. The highest BCUT2D eigenvalue weighted by molar-refractivity contribution is 6.05. The van der Waals surface area contributed by atoms with E-state index in [-0.39, 0.29) is 35.8 Å². The van der Waals surface area contributed by atoms with Crippen molar-refractivity contribution in [1.82, 2.24) is 15.1 Å². The van der Waals surface area contributed by atoms with Gasteiger partial charge in [0.05, 0.1) is 12.2 Å². The van der Waals surface area contributed by atoms with Crippen molar-refractivity contribution in [3.63, 3.8) is 0 Å². The zero-order valence-electron chi connectivity index (χ0n) is 16.9. The van der Waals surface area contributed by atoms with Crippen LogP contribution >= 0.6 is 0 Å². The number of nitrogens with one attached hydrogen (secondary N) is 1. The molecule has 0 bridgehead atoms. The number of carbonyl (C=O) groups is 3. The number of nitrogens with zero attached hydrogens (tertiary/aromatic N) is 2. The van der Waals surface area contributed by atoms with E-state index in [1.807, 2.05) is 12.1 Å². The molecule has 2 saturated heterocycles. The van der Waals surface area contributed by atoms with Crippen LogP contribution in [0, 0.1) is 0 Å². The van der Waals surface area contributed by atoms with Gasteiger partial charge in [-0.05, 0) is 37.5 Å². The van der Waals surface area contributed by atoms with Crippen LogP contribution in [0.5, 0.6) is 0 Å². The average Bonchev–Trinajstić information content (AvgIpc) is 2.97. The fourth-order valence-electron chi connectivity index (χ4n) is 4.45. The van der Waals surface area contributed by atoms with E-state index in [1.54, 1.807) is 4.90 Å². The minimum atomic E-state index is -0.585. The molecule has 2 fully saturated rings. The van der Waals surface area contributed by atoms with Crippen molar-refractivity contribution in [2.45, 2.75) is 57.5 Å². The Morgan fingerprint density at radius 3 is 2.79 bits per heavy atom. The lowest BCUT2D eigenvalue weighted by molar-refractivity contribution is -0.136. The molecule has 1 aromatic rings. The van der Waals surface area contributed by atoms with Crippen LogP contribution in [0.4, 0.5) is 0 Å². The van der Waals surface area contributed by atoms with Gasteiger partial charge in [0.2, 0.25) is 11.8 Å². The summed E-state index contributed by atoms with van der Waals surface area (Å²) in [7, 11) is 0. The number of rotatable bonds is 4. The third kappa shape index (κ3) is 3.92. The van der Waals surface area contributed by atoms with Crippen molar-refractivity contribution in [1.29, 1.82) is 0 Å². The zero-order chi connectivity index (χ0) is 20.8. The lowest BCUT2D eigenvalue weighted by atomic mass is 10.0. The number of piperidine rings is 1. The molecule has 3 heterocycles. The van der Waals surface area contributed by atoms with Crippen LogP contribution in [0.15, 0.2) is 18.2 Å². The number of hydrogen-bond acceptors (Lipinski definition) is 6. The van der Waals surface area contributed by atoms with Gasteiger partial charge in [-0.15, -0.1) is 0 Å². The standard InChI is InChI=1S/C21H28N4O4/c1-21(2)12-24(15(8-22)11-29-21)9-13-3-4-16-14(7-13)10-25(20(16)28)17-5-6-18(26)23-19(17)27/h3-4,7,15,17H,5-6,8-12,22H2,1-2H3,(H,23,26,27). The Labute approximate surface area is 170 Å². The van der Waals surface area contributed by atoms with Gasteiger partial charge in [0.25, 0.3) is 5.91 Å². The van der Waals surface area contributed by atoms with Crippen molar-refractivity contribution in [2.75, 3.05) is 19.7 Å². The van der Waals surface area contributed by atoms with Crippen molar-refractivity contribution < 1.29 is 19.1 Å². The molecule has 3 N–H and O–H groups in total. The Kier molecular flexibility index (Phi) is 5.18. The van der Waals surface area contributed by atoms with Crippen molar-refractivity contribution in [2.24, 2.45) is 5.73 Å². The Bertz CT molecular complexity index is 853. The summed E-state index contributed by atoms with van der Waals surface area (Å²) in [5, 5.41) is 2.34. The number of amides is 3. The van der Waals surface area contributed by atoms with Crippen LogP contribution in [-0.2, 0) is 27.4 Å². The molecule has 1 aromatic carbocycles. The maximum absolute atomic E-state index is 12.8. The highest BCUT2D eigenvalue weighted by Crippen LogP contribution is 2.29. The number of fused-ring (bicyclic) bond motifs is 1. The predicted octanol–water partition coefficient (Wildman–Crippen LogP) is 0.386. The zero-order valence-corrected chi connectivity index (χ0v) is 16.9. The van der Waals surface area contributed by atoms with Gasteiger partial charge in [0.15, 0.2) is 0 Å². The quantitative estimate of drug-likeness (QED) is 0.709. The predicted molar refractivity (Wildman–Crippen MR) is 106 cm³/mol. The van der Waals surface area contributed by atoms with Crippen LogP contribution < -0.4 is 11.1 Å². The van der Waals surface area contributed by atoms with Gasteiger partial charge in [0.1, 0.15) is 6.04 Å². The summed E-state index contributed by atoms with van der Waals surface area (Å²) < 4.78 is 5.89. The van der Waals surface area contributed by atoms with Gasteiger partial charge in [-0.2, -0.15) is 0 Å². The number of nitrogens with two attached hydrogens (primary N) is 1. The summed E-state index contributed by atoms with van der Waals surface area (Å²) in [6, 6.07) is 5.45. The lowest BCUT2D eigenvalue weighted by Crippen LogP contribution is -2.55. The van der Waals surface area contributed by atoms with Crippen molar-refractivity contribution >= 4 is 17.7 Å². The van der Waals surface area contributed by atoms with E-state index < -0.39 is 6.04 Å². The van der Waals surface area contributed by atoms with Gasteiger partial charge in [-0.3, -0.25) is 24.6 Å². The topological polar surface area (TPSA) is 105 Å². The second-order valence-electron chi connectivity index (χ2n) is 8.76. The summed E-state index contributed by atoms with van der Waals surface area (Å²) in [4.78, 5) is 40.3. The summed E-state index contributed by atoms with van der Waals surface area (Å²) in [6.07, 6.45) is 0.632. The van der Waals surface area contributed by atoms with E-state index in [9.17, 15) is 14.4 Å². The minimum Gasteiger partial charge on any atom is -0.373 e. The fourth-order valence-corrected chi connectivity index (χ4v) is 4.45. The molecule has 3 amide bonds. The highest BCUT2D eigenvalue weighted by atomic mass is 16.5. The van der Waals surface area contributed by atoms with E-state index in [0.717, 1.165) is 24.2 Å². The first kappa shape index (κ1) is 20.0. The molecular weight excluding hydrogens is 372 g/mol. The fraction of sp³-hybridized carbons (Fsp3) is 0.571. The summed E-state index contributed by atoms with van der Waals surface area (Å²) in [5.74, 6) is -0.807. The monoisotopic (exact) mass is 400 g/mol. The largest absolute Gasteiger partial charge is 0.373 e. The molecule has 29 heavy (non-hydrogen) atoms. The van der Waals surface area contributed by atoms with E-state index in [2.05, 4.69) is 30.1 Å². The SMILES string of the molecule is CC1(C)CN(Cc2ccc3c(c2)CN(C2CCC(=O)NC2=O)C3=O)C(CN)CO1. The molecular formula is C21H28N4O4. The Balaban J connectivity index is 1.50. The van der Waals surface area contributed by atoms with Crippen LogP contribution in [0.25, 0.3) is 0 Å². The molecule has 2 atom stereocenters. The Morgan fingerprint density at radius 1 is 1.28 bits per heavy atom. The number of carbonyl (C=O) groups excluding carboxylic acids is 3. The van der Waals surface area contributed by atoms with Gasteiger partial charge >= 0.3 is 0 Å². The van der Waals surface area contributed by atoms with E-state index in [0.29, 0.717) is 31.7 Å². The second-order valence-corrected chi connectivity index (χ2v) is 8.76. The first-order valence-corrected chi connectivity index (χ1v) is 10.1. The van der Waals surface area contributed by atoms with E-state index in [4.69, 9.17) is 10.5 Å². The van der Waals surface area contributed by atoms with Gasteiger partial charge in [0, 0.05) is 44.2 Å². The molecule has 3 aliphatic rings. The number of imide groups is 1. The van der Waals surface area contributed by atoms with Crippen LogP contribution in [0.2, 0.25) is 0 Å². The van der Waals surface area contributed by atoms with Crippen LogP contribution in [0.3, 0.4) is 0 Å². The molecule has 0 aromatic heterocycles. The van der Waals surface area contributed by atoms with Crippen molar-refractivity contribution in [3.05, 3.63) is 34.9 Å². The van der Waals surface area contributed by atoms with Crippen LogP contribution in [-0.4, -0.2) is 64.9 Å². The second kappa shape index (κ2) is 7.51. The summed E-state index contributed by atoms with van der Waals surface area (Å²) in [5.41, 5.74) is 8.38. The van der Waals surface area contributed by atoms with Gasteiger partial charge in [-0.25, -0.2) is 0 Å². The third-order valence-corrected chi connectivity index (χ3v) is 6.01. The summed E-state index contributed by atoms with van der Waals surface area (Å²) in [6.45, 7) is 7.20. The number of morpholine rings is 1. The van der Waals surface area contributed by atoms with E-state index >= 15 is 0 Å². The average molecular weight is 400 g/mol. The molecule has 3 aliphatic heterocycles. The molecule has 4 rings (SSSR count). The van der Waals surface area contributed by atoms with E-state index in [1.165, 1.54) is 0 Å². The normalized spacial score (nSPS) is 27.1. The number of benzene rings is 1. The molecule has 0 radical (unpaired) electrons. The van der Waals surface area contributed by atoms with Crippen LogP contribution in [0.1, 0.15) is 48.2 Å². The molecule has 0 saturated carbocycles. The first-order chi connectivity index (χ1) is 13.8. The molecule has 2 unspecified atom stereocenters. The minimum absolute atomic E-state index is 0.145. The lowest BCUT2D eigenvalue weighted by Gasteiger charge is -2.43. The maximum atomic E-state index is 12.8. The summed E-state index contributed by atoms with van der Waals surface area (Å²) >= 11 is 0. The number of hydrogen-bond donors (Lipinski definition) is 2. The van der Waals surface area contributed by atoms with Crippen molar-refractivity contribution in [3.8, 4) is 0 Å². The first-order valence-electron chi connectivity index (χ1n) is 10.1. The van der Waals surface area contributed by atoms with Gasteiger partial charge in [-0.1, -0.05) is 12.1 Å². The Morgan fingerprint density at radius 2 is 2.07 bits per heavy atom. The highest BCUT2D eigenvalue weighted by Gasteiger charge is 2.39. The maximum Gasteiger partial charge on any atom is 0.255 e. The smallest absolute Gasteiger partial charge is 0.255 e. The molecule has 156 valence electrons. The Hall–Kier alpha value is -2.29. The third-order valence-electron chi connectivity index (χ3n) is 6.01. The molecule has 8 nitrogen and oxygen atoms in total. The molecule has 8 heteroatoms. The number of ether oxygens (including phenoxy) is 1. The molecule has 0 aliphatic carbocycles.